The highest BCUT2D eigenvalue weighted by Gasteiger charge is 2.29. The first-order valence-electron chi connectivity index (χ1n) is 8.67. The third-order valence-electron chi connectivity index (χ3n) is 4.79. The van der Waals surface area contributed by atoms with Gasteiger partial charge in [-0.1, -0.05) is 13.8 Å². The maximum atomic E-state index is 4.98. The third kappa shape index (κ3) is 4.27. The Morgan fingerprint density at radius 1 is 1.24 bits per heavy atom. The number of hydrogen-bond acceptors (Lipinski definition) is 4. The Balaban J connectivity index is 1.55. The van der Waals surface area contributed by atoms with Gasteiger partial charge in [0.25, 0.3) is 0 Å². The van der Waals surface area contributed by atoms with Gasteiger partial charge in [-0.15, -0.1) is 11.3 Å². The first-order chi connectivity index (χ1) is 10.3. The van der Waals surface area contributed by atoms with E-state index in [-0.39, 0.29) is 0 Å². The minimum Gasteiger partial charge on any atom is -0.312 e. The van der Waals surface area contributed by atoms with Crippen molar-refractivity contribution in [2.24, 2.45) is 5.92 Å². The number of nitrogens with one attached hydrogen (secondary N) is 1. The topological polar surface area (TPSA) is 28.2 Å². The van der Waals surface area contributed by atoms with Gasteiger partial charge in [-0.3, -0.25) is 0 Å². The molecule has 1 saturated carbocycles. The number of piperidine rings is 1. The fourth-order valence-corrected chi connectivity index (χ4v) is 4.21. The zero-order chi connectivity index (χ0) is 14.7. The number of aromatic nitrogens is 1. The van der Waals surface area contributed by atoms with Gasteiger partial charge in [0.05, 0.1) is 10.7 Å². The van der Waals surface area contributed by atoms with E-state index in [1.807, 2.05) is 11.3 Å². The first kappa shape index (κ1) is 15.4. The lowest BCUT2D eigenvalue weighted by atomic mass is 9.99. The summed E-state index contributed by atoms with van der Waals surface area (Å²) in [5, 5.41) is 4.84. The van der Waals surface area contributed by atoms with Crippen LogP contribution in [0.1, 0.15) is 61.0 Å². The van der Waals surface area contributed by atoms with Crippen molar-refractivity contribution in [1.29, 1.82) is 0 Å². The molecule has 1 aromatic rings. The predicted molar refractivity (Wildman–Crippen MR) is 90.0 cm³/mol. The second-order valence-electron chi connectivity index (χ2n) is 6.74. The molecule has 0 amide bonds. The summed E-state index contributed by atoms with van der Waals surface area (Å²) in [4.78, 5) is 9.10. The highest BCUT2D eigenvalue weighted by molar-refractivity contribution is 7.11. The molecule has 0 aromatic carbocycles. The second kappa shape index (κ2) is 7.21. The lowest BCUT2D eigenvalue weighted by molar-refractivity contribution is 0.194. The van der Waals surface area contributed by atoms with Gasteiger partial charge in [0.1, 0.15) is 0 Å². The fourth-order valence-electron chi connectivity index (χ4n) is 3.10. The average molecular weight is 308 g/mol. The Kier molecular flexibility index (Phi) is 5.30. The standard InChI is InChI=1S/C17H29N3S/c1-3-18-12-15-17(14-4-5-14)19-16(21-15)8-11-20-9-6-13(2)7-10-20/h13-14,18H,3-12H2,1-2H3. The van der Waals surface area contributed by atoms with Gasteiger partial charge in [-0.25, -0.2) is 4.98 Å². The van der Waals surface area contributed by atoms with Crippen LogP contribution >= 0.6 is 11.3 Å². The van der Waals surface area contributed by atoms with E-state index in [0.29, 0.717) is 0 Å². The van der Waals surface area contributed by atoms with Crippen LogP contribution in [-0.4, -0.2) is 36.1 Å². The molecule has 3 nitrogen and oxygen atoms in total. The summed E-state index contributed by atoms with van der Waals surface area (Å²) in [6.07, 6.45) is 6.59. The van der Waals surface area contributed by atoms with E-state index in [1.54, 1.807) is 0 Å². The predicted octanol–water partition coefficient (Wildman–Crippen LogP) is 3.40. The van der Waals surface area contributed by atoms with Crippen molar-refractivity contribution in [2.75, 3.05) is 26.2 Å². The number of nitrogens with zero attached hydrogens (tertiary/aromatic N) is 2. The molecule has 1 aliphatic carbocycles. The summed E-state index contributed by atoms with van der Waals surface area (Å²) < 4.78 is 0. The molecule has 1 aromatic heterocycles. The molecule has 21 heavy (non-hydrogen) atoms. The van der Waals surface area contributed by atoms with Crippen molar-refractivity contribution in [1.82, 2.24) is 15.2 Å². The number of likely N-dealkylation sites (tertiary alicyclic amines) is 1. The summed E-state index contributed by atoms with van der Waals surface area (Å²) in [5.41, 5.74) is 1.42. The van der Waals surface area contributed by atoms with Gasteiger partial charge < -0.3 is 10.2 Å². The van der Waals surface area contributed by atoms with Crippen molar-refractivity contribution in [3.05, 3.63) is 15.6 Å². The van der Waals surface area contributed by atoms with E-state index in [9.17, 15) is 0 Å². The smallest absolute Gasteiger partial charge is 0.0944 e. The number of thiazole rings is 1. The molecule has 4 heteroatoms. The Morgan fingerprint density at radius 2 is 2.00 bits per heavy atom. The molecule has 1 N–H and O–H groups in total. The summed E-state index contributed by atoms with van der Waals surface area (Å²) in [5.74, 6) is 1.70. The van der Waals surface area contributed by atoms with Gasteiger partial charge in [-0.05, 0) is 51.2 Å². The Labute approximate surface area is 133 Å². The monoisotopic (exact) mass is 307 g/mol. The molecule has 1 aliphatic heterocycles. The molecule has 2 fully saturated rings. The molecule has 0 radical (unpaired) electrons. The van der Waals surface area contributed by atoms with Crippen molar-refractivity contribution in [2.45, 2.75) is 58.4 Å². The van der Waals surface area contributed by atoms with E-state index >= 15 is 0 Å². The zero-order valence-corrected chi connectivity index (χ0v) is 14.3. The summed E-state index contributed by atoms with van der Waals surface area (Å²) in [6, 6.07) is 0. The minimum absolute atomic E-state index is 0.777. The van der Waals surface area contributed by atoms with Crippen LogP contribution in [0.3, 0.4) is 0 Å². The Morgan fingerprint density at radius 3 is 2.67 bits per heavy atom. The molecule has 0 atom stereocenters. The van der Waals surface area contributed by atoms with E-state index in [0.717, 1.165) is 31.3 Å². The maximum absolute atomic E-state index is 4.98. The van der Waals surface area contributed by atoms with E-state index in [1.165, 1.54) is 60.9 Å². The highest BCUT2D eigenvalue weighted by Crippen LogP contribution is 2.42. The lowest BCUT2D eigenvalue weighted by Crippen LogP contribution is -2.34. The van der Waals surface area contributed by atoms with Crippen LogP contribution in [0.4, 0.5) is 0 Å². The highest BCUT2D eigenvalue weighted by atomic mass is 32.1. The molecule has 1 saturated heterocycles. The van der Waals surface area contributed by atoms with Gasteiger partial charge >= 0.3 is 0 Å². The summed E-state index contributed by atoms with van der Waals surface area (Å²) >= 11 is 1.96. The quantitative estimate of drug-likeness (QED) is 0.837. The second-order valence-corrected chi connectivity index (χ2v) is 7.91. The van der Waals surface area contributed by atoms with E-state index < -0.39 is 0 Å². The maximum Gasteiger partial charge on any atom is 0.0944 e. The van der Waals surface area contributed by atoms with Crippen LogP contribution in [0.5, 0.6) is 0 Å². The first-order valence-corrected chi connectivity index (χ1v) is 9.49. The largest absolute Gasteiger partial charge is 0.312 e. The Hall–Kier alpha value is -0.450. The van der Waals surface area contributed by atoms with E-state index in [4.69, 9.17) is 4.98 Å². The SMILES string of the molecule is CCNCc1sc(CCN2CCC(C)CC2)nc1C1CC1. The van der Waals surface area contributed by atoms with Gasteiger partial charge in [-0.2, -0.15) is 0 Å². The molecule has 2 heterocycles. The van der Waals surface area contributed by atoms with Crippen LogP contribution in [0.25, 0.3) is 0 Å². The number of rotatable bonds is 7. The molecule has 2 aliphatic rings. The van der Waals surface area contributed by atoms with Crippen molar-refractivity contribution in [3.63, 3.8) is 0 Å². The number of hydrogen-bond donors (Lipinski definition) is 1. The zero-order valence-electron chi connectivity index (χ0n) is 13.5. The summed E-state index contributed by atoms with van der Waals surface area (Å²) in [7, 11) is 0. The van der Waals surface area contributed by atoms with Gasteiger partial charge in [0, 0.05) is 30.3 Å². The molecule has 0 spiro atoms. The van der Waals surface area contributed by atoms with Gasteiger partial charge in [0.15, 0.2) is 0 Å². The molecule has 0 bridgehead atoms. The molecule has 118 valence electrons. The molecular formula is C17H29N3S. The lowest BCUT2D eigenvalue weighted by Gasteiger charge is -2.29. The normalized spacial score (nSPS) is 21.0. The molecular weight excluding hydrogens is 278 g/mol. The van der Waals surface area contributed by atoms with E-state index in [2.05, 4.69) is 24.1 Å². The summed E-state index contributed by atoms with van der Waals surface area (Å²) in [6.45, 7) is 10.4. The van der Waals surface area contributed by atoms with Crippen LogP contribution in [0.2, 0.25) is 0 Å². The average Bonchev–Trinajstić information content (AvgIpc) is 3.26. The fraction of sp³-hybridized carbons (Fsp3) is 0.824. The third-order valence-corrected chi connectivity index (χ3v) is 5.92. The van der Waals surface area contributed by atoms with Crippen LogP contribution in [0.15, 0.2) is 0 Å². The van der Waals surface area contributed by atoms with Crippen LogP contribution in [-0.2, 0) is 13.0 Å². The van der Waals surface area contributed by atoms with Crippen molar-refractivity contribution in [3.8, 4) is 0 Å². The van der Waals surface area contributed by atoms with Crippen LogP contribution in [0, 0.1) is 5.92 Å². The molecule has 0 unspecified atom stereocenters. The van der Waals surface area contributed by atoms with Crippen molar-refractivity contribution >= 4 is 11.3 Å². The minimum atomic E-state index is 0.777. The Bertz CT molecular complexity index is 445. The van der Waals surface area contributed by atoms with Gasteiger partial charge in [0.2, 0.25) is 0 Å². The van der Waals surface area contributed by atoms with Crippen molar-refractivity contribution < 1.29 is 0 Å². The van der Waals surface area contributed by atoms with Crippen LogP contribution < -0.4 is 5.32 Å². The molecule has 3 rings (SSSR count).